The molecule has 0 spiro atoms. The molecule has 2 heterocycles. The molecule has 1 aliphatic heterocycles. The summed E-state index contributed by atoms with van der Waals surface area (Å²) in [5, 5.41) is 7.84. The fourth-order valence-electron chi connectivity index (χ4n) is 1.18. The van der Waals surface area contributed by atoms with Crippen LogP contribution in [0.4, 0.5) is 0 Å². The van der Waals surface area contributed by atoms with Gasteiger partial charge >= 0.3 is 0 Å². The highest BCUT2D eigenvalue weighted by Crippen LogP contribution is 2.13. The number of ether oxygens (including phenoxy) is 1. The zero-order valence-corrected chi connectivity index (χ0v) is 7.99. The molecule has 3 heteroatoms. The molecule has 66 valence electrons. The Bertz CT molecular complexity index is 255. The van der Waals surface area contributed by atoms with E-state index in [1.54, 1.807) is 11.3 Å². The molecule has 1 aromatic heterocycles. The van der Waals surface area contributed by atoms with E-state index in [2.05, 4.69) is 23.0 Å². The Kier molecular flexibility index (Phi) is 2.44. The summed E-state index contributed by atoms with van der Waals surface area (Å²) in [4.78, 5) is 0. The maximum atomic E-state index is 5.08. The summed E-state index contributed by atoms with van der Waals surface area (Å²) in [5.41, 5.74) is 2.82. The number of hydrogen-bond acceptors (Lipinski definition) is 3. The van der Waals surface area contributed by atoms with E-state index in [1.165, 1.54) is 11.1 Å². The van der Waals surface area contributed by atoms with Gasteiger partial charge in [0.15, 0.2) is 0 Å². The molecule has 0 radical (unpaired) electrons. The predicted molar refractivity (Wildman–Crippen MR) is 50.5 cm³/mol. The lowest BCUT2D eigenvalue weighted by Crippen LogP contribution is -2.45. The SMILES string of the molecule is Cc1cscc1CNC1COC1. The molecule has 2 rings (SSSR count). The molecule has 0 amide bonds. The molecule has 1 fully saturated rings. The minimum absolute atomic E-state index is 0.587. The van der Waals surface area contributed by atoms with Gasteiger partial charge in [0.1, 0.15) is 0 Å². The molecular formula is C9H13NOS. The van der Waals surface area contributed by atoms with Crippen molar-refractivity contribution in [2.45, 2.75) is 19.5 Å². The average molecular weight is 183 g/mol. The van der Waals surface area contributed by atoms with Gasteiger partial charge in [0.2, 0.25) is 0 Å². The lowest BCUT2D eigenvalue weighted by Gasteiger charge is -2.26. The van der Waals surface area contributed by atoms with Crippen molar-refractivity contribution >= 4 is 11.3 Å². The molecule has 0 aromatic carbocycles. The van der Waals surface area contributed by atoms with E-state index in [4.69, 9.17) is 4.74 Å². The smallest absolute Gasteiger partial charge is 0.0643 e. The lowest BCUT2D eigenvalue weighted by atomic mass is 10.2. The topological polar surface area (TPSA) is 21.3 Å². The molecule has 0 aliphatic carbocycles. The molecule has 0 unspecified atom stereocenters. The minimum Gasteiger partial charge on any atom is -0.378 e. The molecule has 0 bridgehead atoms. The molecule has 12 heavy (non-hydrogen) atoms. The van der Waals surface area contributed by atoms with Gasteiger partial charge in [0.25, 0.3) is 0 Å². The summed E-state index contributed by atoms with van der Waals surface area (Å²) in [5.74, 6) is 0. The van der Waals surface area contributed by atoms with Gasteiger partial charge in [-0.3, -0.25) is 0 Å². The lowest BCUT2D eigenvalue weighted by molar-refractivity contribution is -0.00579. The van der Waals surface area contributed by atoms with Crippen LogP contribution in [0, 0.1) is 6.92 Å². The van der Waals surface area contributed by atoms with Crippen molar-refractivity contribution in [1.82, 2.24) is 5.32 Å². The van der Waals surface area contributed by atoms with E-state index in [0.29, 0.717) is 6.04 Å². The van der Waals surface area contributed by atoms with Gasteiger partial charge in [-0.1, -0.05) is 0 Å². The number of nitrogens with one attached hydrogen (secondary N) is 1. The highest BCUT2D eigenvalue weighted by atomic mass is 32.1. The maximum Gasteiger partial charge on any atom is 0.0643 e. The molecule has 0 atom stereocenters. The zero-order chi connectivity index (χ0) is 8.39. The first-order valence-corrected chi connectivity index (χ1v) is 5.13. The first kappa shape index (κ1) is 8.23. The Morgan fingerprint density at radius 1 is 1.58 bits per heavy atom. The van der Waals surface area contributed by atoms with Crippen LogP contribution >= 0.6 is 11.3 Å². The van der Waals surface area contributed by atoms with E-state index in [0.717, 1.165) is 19.8 Å². The third-order valence-electron chi connectivity index (χ3n) is 2.18. The zero-order valence-electron chi connectivity index (χ0n) is 7.17. The first-order valence-electron chi connectivity index (χ1n) is 4.19. The van der Waals surface area contributed by atoms with Crippen LogP contribution in [0.25, 0.3) is 0 Å². The quantitative estimate of drug-likeness (QED) is 0.767. The van der Waals surface area contributed by atoms with E-state index in [-0.39, 0.29) is 0 Å². The van der Waals surface area contributed by atoms with Gasteiger partial charge in [-0.25, -0.2) is 0 Å². The first-order chi connectivity index (χ1) is 5.86. The Balaban J connectivity index is 1.82. The average Bonchev–Trinajstić information content (AvgIpc) is 2.33. The number of hydrogen-bond donors (Lipinski definition) is 1. The number of rotatable bonds is 3. The fraction of sp³-hybridized carbons (Fsp3) is 0.556. The van der Waals surface area contributed by atoms with Crippen LogP contribution in [-0.4, -0.2) is 19.3 Å². The van der Waals surface area contributed by atoms with Gasteiger partial charge in [0.05, 0.1) is 19.3 Å². The molecule has 2 nitrogen and oxygen atoms in total. The van der Waals surface area contributed by atoms with E-state index in [9.17, 15) is 0 Å². The van der Waals surface area contributed by atoms with E-state index in [1.807, 2.05) is 0 Å². The van der Waals surface area contributed by atoms with Crippen LogP contribution < -0.4 is 5.32 Å². The van der Waals surface area contributed by atoms with Gasteiger partial charge in [-0.15, -0.1) is 0 Å². The summed E-state index contributed by atoms with van der Waals surface area (Å²) < 4.78 is 5.08. The molecule has 0 saturated carbocycles. The Labute approximate surface area is 76.6 Å². The van der Waals surface area contributed by atoms with Crippen LogP contribution in [0.15, 0.2) is 10.8 Å². The van der Waals surface area contributed by atoms with E-state index < -0.39 is 0 Å². The minimum atomic E-state index is 0.587. The third-order valence-corrected chi connectivity index (χ3v) is 3.09. The van der Waals surface area contributed by atoms with Crippen LogP contribution in [0.3, 0.4) is 0 Å². The van der Waals surface area contributed by atoms with Crippen LogP contribution in [0.1, 0.15) is 11.1 Å². The molecule has 1 N–H and O–H groups in total. The summed E-state index contributed by atoms with van der Waals surface area (Å²) in [7, 11) is 0. The van der Waals surface area contributed by atoms with Gasteiger partial charge in [-0.2, -0.15) is 11.3 Å². The van der Waals surface area contributed by atoms with Crippen LogP contribution in [-0.2, 0) is 11.3 Å². The van der Waals surface area contributed by atoms with Crippen molar-refractivity contribution in [3.8, 4) is 0 Å². The highest BCUT2D eigenvalue weighted by molar-refractivity contribution is 7.08. The highest BCUT2D eigenvalue weighted by Gasteiger charge is 2.17. The van der Waals surface area contributed by atoms with Crippen molar-refractivity contribution in [3.63, 3.8) is 0 Å². The van der Waals surface area contributed by atoms with Crippen molar-refractivity contribution in [2.24, 2.45) is 0 Å². The standard InChI is InChI=1S/C9H13NOS/c1-7-5-12-6-8(7)2-10-9-3-11-4-9/h5-6,9-10H,2-4H2,1H3. The fourth-order valence-corrected chi connectivity index (χ4v) is 2.03. The number of thiophene rings is 1. The second kappa shape index (κ2) is 3.56. The van der Waals surface area contributed by atoms with Gasteiger partial charge in [0, 0.05) is 6.54 Å². The molecule has 1 saturated heterocycles. The number of aryl methyl sites for hydroxylation is 1. The summed E-state index contributed by atoms with van der Waals surface area (Å²) in [6, 6.07) is 0.587. The van der Waals surface area contributed by atoms with Crippen molar-refractivity contribution in [3.05, 3.63) is 21.9 Å². The second-order valence-corrected chi connectivity index (χ2v) is 3.94. The molecule has 1 aromatic rings. The maximum absolute atomic E-state index is 5.08. The monoisotopic (exact) mass is 183 g/mol. The Hall–Kier alpha value is -0.380. The normalized spacial score (nSPS) is 17.8. The van der Waals surface area contributed by atoms with Gasteiger partial charge in [-0.05, 0) is 28.8 Å². The summed E-state index contributed by atoms with van der Waals surface area (Å²) >= 11 is 1.77. The Morgan fingerprint density at radius 2 is 2.42 bits per heavy atom. The second-order valence-electron chi connectivity index (χ2n) is 3.20. The van der Waals surface area contributed by atoms with Crippen molar-refractivity contribution in [1.29, 1.82) is 0 Å². The predicted octanol–water partition coefficient (Wildman–Crippen LogP) is 1.54. The summed E-state index contributed by atoms with van der Waals surface area (Å²) in [6.07, 6.45) is 0. The van der Waals surface area contributed by atoms with Crippen LogP contribution in [0.5, 0.6) is 0 Å². The molecular weight excluding hydrogens is 170 g/mol. The summed E-state index contributed by atoms with van der Waals surface area (Å²) in [6.45, 7) is 4.90. The third kappa shape index (κ3) is 1.68. The van der Waals surface area contributed by atoms with Crippen LogP contribution in [0.2, 0.25) is 0 Å². The molecule has 1 aliphatic rings. The van der Waals surface area contributed by atoms with E-state index >= 15 is 0 Å². The van der Waals surface area contributed by atoms with Crippen molar-refractivity contribution < 1.29 is 4.74 Å². The van der Waals surface area contributed by atoms with Crippen molar-refractivity contribution in [2.75, 3.05) is 13.2 Å². The Morgan fingerprint density at radius 3 is 2.92 bits per heavy atom. The largest absolute Gasteiger partial charge is 0.378 e. The van der Waals surface area contributed by atoms with Gasteiger partial charge < -0.3 is 10.1 Å².